The summed E-state index contributed by atoms with van der Waals surface area (Å²) < 4.78 is 57.7. The molecule has 0 aliphatic rings. The van der Waals surface area contributed by atoms with Crippen LogP contribution in [0.3, 0.4) is 0 Å². The zero-order valence-electron chi connectivity index (χ0n) is 12.2. The minimum Gasteiger partial charge on any atom is -0.231 e. The van der Waals surface area contributed by atoms with Crippen LogP contribution in [0.2, 0.25) is 39.3 Å². The van der Waals surface area contributed by atoms with Crippen molar-refractivity contribution < 1.29 is 21.6 Å². The number of sulfonamides is 1. The van der Waals surface area contributed by atoms with E-state index >= 15 is 0 Å². The summed E-state index contributed by atoms with van der Waals surface area (Å²) in [5.41, 5.74) is -5.41. The van der Waals surface area contributed by atoms with Crippen molar-refractivity contribution in [2.45, 2.75) is 52.2 Å². The number of hydrogen-bond donors (Lipinski definition) is 0. The van der Waals surface area contributed by atoms with Gasteiger partial charge in [-0.15, -0.1) is 0 Å². The van der Waals surface area contributed by atoms with Gasteiger partial charge in [0.05, 0.1) is 0 Å². The standard InChI is InChI=1S/C5H9F3N2O2SSi.C3H9ClSi.CH4.B/c1-14(2,3)10(4-9)13(11,12)5(6,7)8;1-5(2,3)4;;/h1-3H3;1-3H3;1H4;. The van der Waals surface area contributed by atoms with Gasteiger partial charge in [0.15, 0.2) is 14.4 Å². The average Bonchev–Trinajstić information content (AvgIpc) is 1.94. The van der Waals surface area contributed by atoms with Crippen molar-refractivity contribution in [3.8, 4) is 6.19 Å². The lowest BCUT2D eigenvalue weighted by Crippen LogP contribution is -2.51. The minimum atomic E-state index is -5.51. The molecule has 0 spiro atoms. The Morgan fingerprint density at radius 3 is 1.38 bits per heavy atom. The number of alkyl halides is 3. The molecule has 21 heavy (non-hydrogen) atoms. The van der Waals surface area contributed by atoms with Crippen LogP contribution in [0.25, 0.3) is 0 Å². The third-order valence-electron chi connectivity index (χ3n) is 1.23. The fraction of sp³-hybridized carbons (Fsp3) is 0.889. The van der Waals surface area contributed by atoms with Gasteiger partial charge in [0.25, 0.3) is 0 Å². The summed E-state index contributed by atoms with van der Waals surface area (Å²) in [4.78, 5) is 0. The Hall–Kier alpha value is -0.181. The maximum absolute atomic E-state index is 12.0. The van der Waals surface area contributed by atoms with Crippen molar-refractivity contribution in [1.82, 2.24) is 3.97 Å². The molecule has 12 heteroatoms. The van der Waals surface area contributed by atoms with Gasteiger partial charge in [0, 0.05) is 8.41 Å². The first kappa shape index (κ1) is 28.9. The fourth-order valence-electron chi connectivity index (χ4n) is 0.668. The van der Waals surface area contributed by atoms with E-state index in [1.54, 1.807) is 0 Å². The molecule has 0 unspecified atom stereocenters. The third-order valence-corrected chi connectivity index (χ3v) is 6.06. The van der Waals surface area contributed by atoms with Crippen LogP contribution >= 0.6 is 11.1 Å². The maximum Gasteiger partial charge on any atom is 0.516 e. The average molecular weight is 382 g/mol. The van der Waals surface area contributed by atoms with E-state index in [9.17, 15) is 21.6 Å². The van der Waals surface area contributed by atoms with E-state index in [0.717, 1.165) is 6.19 Å². The topological polar surface area (TPSA) is 61.2 Å². The molecular formula is C9H22BClF3N2O2SSi2. The van der Waals surface area contributed by atoms with Gasteiger partial charge in [0.1, 0.15) is 7.38 Å². The summed E-state index contributed by atoms with van der Waals surface area (Å²) in [5, 5.41) is 8.39. The van der Waals surface area contributed by atoms with Crippen LogP contribution in [0, 0.1) is 11.5 Å². The van der Waals surface area contributed by atoms with Gasteiger partial charge in [-0.1, -0.05) is 27.1 Å². The highest BCUT2D eigenvalue weighted by Gasteiger charge is 2.53. The van der Waals surface area contributed by atoms with Crippen molar-refractivity contribution >= 4 is 45.1 Å². The summed E-state index contributed by atoms with van der Waals surface area (Å²) in [6, 6.07) is 0. The predicted molar refractivity (Wildman–Crippen MR) is 87.5 cm³/mol. The van der Waals surface area contributed by atoms with E-state index < -0.39 is 31.2 Å². The number of hydrogen-bond acceptors (Lipinski definition) is 3. The normalized spacial score (nSPS) is 11.9. The molecule has 0 aliphatic carbocycles. The first-order valence-corrected chi connectivity index (χ1v) is 14.5. The van der Waals surface area contributed by atoms with Gasteiger partial charge < -0.3 is 0 Å². The van der Waals surface area contributed by atoms with Crippen LogP contribution in [-0.4, -0.2) is 41.9 Å². The van der Waals surface area contributed by atoms with E-state index in [0.29, 0.717) is 0 Å². The monoisotopic (exact) mass is 381 g/mol. The number of halogens is 4. The Bertz CT molecular complexity index is 436. The highest BCUT2D eigenvalue weighted by molar-refractivity contribution is 7.91. The Labute approximate surface area is 134 Å². The maximum atomic E-state index is 12.0. The van der Waals surface area contributed by atoms with Gasteiger partial charge in [-0.05, 0) is 19.6 Å². The fourth-order valence-corrected chi connectivity index (χ4v) is 4.48. The molecule has 0 amide bonds. The van der Waals surface area contributed by atoms with E-state index in [2.05, 4.69) is 19.6 Å². The Kier molecular flexibility index (Phi) is 12.5. The van der Waals surface area contributed by atoms with Gasteiger partial charge in [0.2, 0.25) is 0 Å². The zero-order chi connectivity index (χ0) is 16.3. The van der Waals surface area contributed by atoms with Crippen LogP contribution in [0.1, 0.15) is 7.43 Å². The lowest BCUT2D eigenvalue weighted by molar-refractivity contribution is -0.0462. The quantitative estimate of drug-likeness (QED) is 0.316. The van der Waals surface area contributed by atoms with E-state index in [-0.39, 0.29) is 19.8 Å². The van der Waals surface area contributed by atoms with E-state index in [4.69, 9.17) is 16.3 Å². The highest BCUT2D eigenvalue weighted by Crippen LogP contribution is 2.29. The van der Waals surface area contributed by atoms with Crippen LogP contribution in [0.5, 0.6) is 0 Å². The second-order valence-corrected chi connectivity index (χ2v) is 20.0. The first-order chi connectivity index (χ1) is 7.94. The summed E-state index contributed by atoms with van der Waals surface area (Å²) in [7, 11) is -9.52. The minimum absolute atomic E-state index is 0. The molecule has 0 saturated carbocycles. The van der Waals surface area contributed by atoms with Crippen molar-refractivity contribution in [3.05, 3.63) is 0 Å². The molecule has 0 aliphatic heterocycles. The summed E-state index contributed by atoms with van der Waals surface area (Å²) in [5.74, 6) is 0. The van der Waals surface area contributed by atoms with Crippen LogP contribution in [0.4, 0.5) is 13.2 Å². The Balaban J connectivity index is -0.000000179. The largest absolute Gasteiger partial charge is 0.516 e. The lowest BCUT2D eigenvalue weighted by Gasteiger charge is -2.28. The summed E-state index contributed by atoms with van der Waals surface area (Å²) in [6.45, 7) is 10.3. The van der Waals surface area contributed by atoms with E-state index in [1.165, 1.54) is 19.6 Å². The first-order valence-electron chi connectivity index (χ1n) is 5.15. The molecule has 0 rings (SSSR count). The molecule has 0 aromatic rings. The van der Waals surface area contributed by atoms with Crippen LogP contribution in [0.15, 0.2) is 0 Å². The van der Waals surface area contributed by atoms with Crippen molar-refractivity contribution in [3.63, 3.8) is 0 Å². The number of nitriles is 1. The molecule has 0 heterocycles. The van der Waals surface area contributed by atoms with Crippen LogP contribution < -0.4 is 0 Å². The van der Waals surface area contributed by atoms with Gasteiger partial charge in [-0.2, -0.15) is 37.9 Å². The third kappa shape index (κ3) is 12.1. The smallest absolute Gasteiger partial charge is 0.231 e. The molecular weight excluding hydrogens is 360 g/mol. The Morgan fingerprint density at radius 1 is 1.10 bits per heavy atom. The molecule has 0 N–H and O–H groups in total. The zero-order valence-corrected chi connectivity index (χ0v) is 15.8. The highest BCUT2D eigenvalue weighted by atomic mass is 35.6. The number of rotatable bonds is 2. The Morgan fingerprint density at radius 2 is 1.33 bits per heavy atom. The van der Waals surface area contributed by atoms with Gasteiger partial charge in [-0.25, -0.2) is 3.97 Å². The molecule has 0 fully saturated rings. The molecule has 0 bridgehead atoms. The molecule has 0 saturated heterocycles. The molecule has 0 aromatic carbocycles. The second-order valence-electron chi connectivity index (χ2n) is 5.55. The van der Waals surface area contributed by atoms with Gasteiger partial charge in [-0.3, -0.25) is 0 Å². The molecule has 0 aromatic heterocycles. The predicted octanol–water partition coefficient (Wildman–Crippen LogP) is 3.77. The lowest BCUT2D eigenvalue weighted by atomic mass is 10.8. The summed E-state index contributed by atoms with van der Waals surface area (Å²) in [6.07, 6.45) is 1.08. The van der Waals surface area contributed by atoms with Gasteiger partial charge >= 0.3 is 15.5 Å². The molecule has 125 valence electrons. The van der Waals surface area contributed by atoms with E-state index in [1.807, 2.05) is 0 Å². The van der Waals surface area contributed by atoms with Crippen molar-refractivity contribution in [2.24, 2.45) is 0 Å². The number of nitrogens with zero attached hydrogens (tertiary/aromatic N) is 2. The second kappa shape index (κ2) is 9.07. The summed E-state index contributed by atoms with van der Waals surface area (Å²) >= 11 is 5.67. The van der Waals surface area contributed by atoms with Crippen molar-refractivity contribution in [1.29, 1.82) is 5.26 Å². The SMILES string of the molecule is C.C[Si](C)(C)Cl.C[Si](C)(C)N(C#N)S(=O)(=O)C(F)(F)F.[B]. The van der Waals surface area contributed by atoms with Crippen molar-refractivity contribution in [2.75, 3.05) is 0 Å². The molecule has 0 atom stereocenters. The molecule has 4 nitrogen and oxygen atoms in total. The van der Waals surface area contributed by atoms with Crippen LogP contribution in [-0.2, 0) is 10.0 Å². The molecule has 3 radical (unpaired) electrons.